The van der Waals surface area contributed by atoms with Crippen LogP contribution in [0.2, 0.25) is 0 Å². The second-order valence-electron chi connectivity index (χ2n) is 7.64. The average molecular weight is 382 g/mol. The minimum atomic E-state index is -2.35. The van der Waals surface area contributed by atoms with Crippen LogP contribution < -0.4 is 10.6 Å². The highest BCUT2D eigenvalue weighted by Gasteiger charge is 2.44. The van der Waals surface area contributed by atoms with Gasteiger partial charge in [-0.25, -0.2) is 8.78 Å². The van der Waals surface area contributed by atoms with Crippen molar-refractivity contribution in [3.05, 3.63) is 23.9 Å². The summed E-state index contributed by atoms with van der Waals surface area (Å²) < 4.78 is 21.3. The Morgan fingerprint density at radius 2 is 1.67 bits per heavy atom. The van der Waals surface area contributed by atoms with Crippen LogP contribution in [0.4, 0.5) is 8.78 Å². The number of halogens is 2. The highest BCUT2D eigenvalue weighted by Crippen LogP contribution is 2.42. The molecule has 154 valence electrons. The largest absolute Gasteiger partial charge is 0.345 e. The van der Waals surface area contributed by atoms with Gasteiger partial charge in [-0.3, -0.25) is 4.99 Å². The topological polar surface area (TPSA) is 36.4 Å². The molecule has 2 aliphatic carbocycles. The molecular formula is C22H37F2N3. The van der Waals surface area contributed by atoms with Gasteiger partial charge in [0.15, 0.2) is 0 Å². The molecule has 0 radical (unpaired) electrons. The smallest absolute Gasteiger partial charge is 0.256 e. The molecule has 0 bridgehead atoms. The lowest BCUT2D eigenvalue weighted by molar-refractivity contribution is 0.204. The molecule has 0 atom stereocenters. The van der Waals surface area contributed by atoms with Crippen molar-refractivity contribution in [1.82, 2.24) is 10.6 Å². The number of nitrogens with one attached hydrogen (secondary N) is 2. The molecule has 0 aromatic carbocycles. The molecule has 0 aromatic rings. The monoisotopic (exact) mass is 381 g/mol. The van der Waals surface area contributed by atoms with Crippen molar-refractivity contribution in [2.24, 2.45) is 10.9 Å². The van der Waals surface area contributed by atoms with E-state index in [1.54, 1.807) is 5.57 Å². The molecule has 27 heavy (non-hydrogen) atoms. The first kappa shape index (κ1) is 22.1. The van der Waals surface area contributed by atoms with E-state index < -0.39 is 6.43 Å². The SMILES string of the molecule is C1CCC(C2=NC3(CCNCC3)C(=C3CCC3)N2)CC1.C=CC(F)F.CC. The standard InChI is InChI=1S/C17H27N3.C3H4F2.C2H6/c1-2-5-14(6-3-1)16-19-15(13-7-4-8-13)17(20-16)9-11-18-12-10-17;1-2-3(4)5;1-2/h14,18H,1-12H2,(H,19,20);2-3H,1H2;1-2H3. The third kappa shape index (κ3) is 5.63. The molecule has 5 heteroatoms. The molecule has 0 amide bonds. The third-order valence-electron chi connectivity index (χ3n) is 5.96. The van der Waals surface area contributed by atoms with Crippen molar-refractivity contribution in [2.45, 2.75) is 90.0 Å². The minimum absolute atomic E-state index is 0.133. The van der Waals surface area contributed by atoms with Gasteiger partial charge in [0.05, 0.1) is 0 Å². The van der Waals surface area contributed by atoms with Gasteiger partial charge in [-0.2, -0.15) is 0 Å². The minimum Gasteiger partial charge on any atom is -0.345 e. The highest BCUT2D eigenvalue weighted by molar-refractivity contribution is 5.90. The molecule has 2 saturated carbocycles. The first-order chi connectivity index (χ1) is 13.1. The number of rotatable bonds is 2. The lowest BCUT2D eigenvalue weighted by Crippen LogP contribution is -2.43. The van der Waals surface area contributed by atoms with E-state index in [0.29, 0.717) is 12.0 Å². The maximum atomic E-state index is 10.6. The number of aliphatic imine (C=N–C) groups is 1. The molecule has 2 N–H and O–H groups in total. The highest BCUT2D eigenvalue weighted by atomic mass is 19.3. The lowest BCUT2D eigenvalue weighted by atomic mass is 9.79. The molecule has 1 spiro atoms. The molecule has 2 heterocycles. The fourth-order valence-electron chi connectivity index (χ4n) is 4.35. The zero-order valence-corrected chi connectivity index (χ0v) is 17.1. The summed E-state index contributed by atoms with van der Waals surface area (Å²) in [5.74, 6) is 2.06. The van der Waals surface area contributed by atoms with Crippen LogP contribution >= 0.6 is 0 Å². The summed E-state index contributed by atoms with van der Waals surface area (Å²) in [6, 6.07) is 0. The van der Waals surface area contributed by atoms with Crippen LogP contribution in [-0.2, 0) is 0 Å². The van der Waals surface area contributed by atoms with Gasteiger partial charge in [-0.05, 0) is 69.7 Å². The van der Waals surface area contributed by atoms with Crippen molar-refractivity contribution in [1.29, 1.82) is 0 Å². The van der Waals surface area contributed by atoms with Crippen LogP contribution in [0.5, 0.6) is 0 Å². The van der Waals surface area contributed by atoms with E-state index in [1.165, 1.54) is 75.7 Å². The zero-order valence-electron chi connectivity index (χ0n) is 17.1. The third-order valence-corrected chi connectivity index (χ3v) is 5.96. The van der Waals surface area contributed by atoms with E-state index >= 15 is 0 Å². The quantitative estimate of drug-likeness (QED) is 0.612. The first-order valence-electron chi connectivity index (χ1n) is 10.9. The van der Waals surface area contributed by atoms with Crippen molar-refractivity contribution < 1.29 is 8.78 Å². The molecule has 2 aliphatic heterocycles. The van der Waals surface area contributed by atoms with E-state index in [1.807, 2.05) is 13.8 Å². The fourth-order valence-corrected chi connectivity index (χ4v) is 4.35. The van der Waals surface area contributed by atoms with Crippen molar-refractivity contribution in [3.63, 3.8) is 0 Å². The van der Waals surface area contributed by atoms with Gasteiger partial charge in [0.2, 0.25) is 0 Å². The number of hydrogen-bond donors (Lipinski definition) is 2. The van der Waals surface area contributed by atoms with Crippen LogP contribution in [0.1, 0.15) is 78.1 Å². The molecule has 4 aliphatic rings. The van der Waals surface area contributed by atoms with E-state index in [4.69, 9.17) is 4.99 Å². The number of hydrogen-bond acceptors (Lipinski definition) is 3. The van der Waals surface area contributed by atoms with Crippen molar-refractivity contribution in [2.75, 3.05) is 13.1 Å². The van der Waals surface area contributed by atoms with Gasteiger partial charge in [0.1, 0.15) is 11.4 Å². The van der Waals surface area contributed by atoms with E-state index in [9.17, 15) is 8.78 Å². The van der Waals surface area contributed by atoms with Gasteiger partial charge in [0.25, 0.3) is 6.43 Å². The van der Waals surface area contributed by atoms with Gasteiger partial charge in [-0.15, -0.1) is 0 Å². The van der Waals surface area contributed by atoms with Gasteiger partial charge < -0.3 is 10.6 Å². The van der Waals surface area contributed by atoms with Crippen LogP contribution in [0.25, 0.3) is 0 Å². The Kier molecular flexibility index (Phi) is 8.94. The second-order valence-corrected chi connectivity index (χ2v) is 7.64. The summed E-state index contributed by atoms with van der Waals surface area (Å²) in [6.07, 6.45) is 11.5. The number of amidine groups is 1. The van der Waals surface area contributed by atoms with Gasteiger partial charge >= 0.3 is 0 Å². The maximum absolute atomic E-state index is 10.6. The molecule has 3 fully saturated rings. The normalized spacial score (nSPS) is 24.1. The van der Waals surface area contributed by atoms with Crippen LogP contribution in [0.15, 0.2) is 28.9 Å². The molecule has 1 saturated heterocycles. The number of alkyl halides is 2. The summed E-state index contributed by atoms with van der Waals surface area (Å²) in [5, 5.41) is 7.33. The lowest BCUT2D eigenvalue weighted by Gasteiger charge is -2.35. The van der Waals surface area contributed by atoms with E-state index in [-0.39, 0.29) is 5.54 Å². The maximum Gasteiger partial charge on any atom is 0.256 e. The van der Waals surface area contributed by atoms with Gasteiger partial charge in [-0.1, -0.05) is 39.7 Å². The first-order valence-corrected chi connectivity index (χ1v) is 10.9. The van der Waals surface area contributed by atoms with E-state index in [2.05, 4.69) is 17.2 Å². The number of allylic oxidation sites excluding steroid dienone is 2. The van der Waals surface area contributed by atoms with Crippen molar-refractivity contribution >= 4 is 5.84 Å². The summed E-state index contributed by atoms with van der Waals surface area (Å²) in [7, 11) is 0. The fraction of sp³-hybridized carbons (Fsp3) is 0.773. The second kappa shape index (κ2) is 10.9. The summed E-state index contributed by atoms with van der Waals surface area (Å²) in [5.41, 5.74) is 3.35. The molecule has 3 nitrogen and oxygen atoms in total. The van der Waals surface area contributed by atoms with E-state index in [0.717, 1.165) is 13.1 Å². The summed E-state index contributed by atoms with van der Waals surface area (Å²) >= 11 is 0. The van der Waals surface area contributed by atoms with Gasteiger partial charge in [0, 0.05) is 11.6 Å². The van der Waals surface area contributed by atoms with Crippen molar-refractivity contribution in [3.8, 4) is 0 Å². The summed E-state index contributed by atoms with van der Waals surface area (Å²) in [4.78, 5) is 5.29. The van der Waals surface area contributed by atoms with Crippen LogP contribution in [0, 0.1) is 5.92 Å². The average Bonchev–Trinajstić information content (AvgIpc) is 3.02. The Bertz CT molecular complexity index is 522. The Balaban J connectivity index is 0.000000327. The van der Waals surface area contributed by atoms with Crippen LogP contribution in [0.3, 0.4) is 0 Å². The predicted molar refractivity (Wildman–Crippen MR) is 110 cm³/mol. The predicted octanol–water partition coefficient (Wildman–Crippen LogP) is 5.59. The Hall–Kier alpha value is -1.23. The number of nitrogens with zero attached hydrogens (tertiary/aromatic N) is 1. The van der Waals surface area contributed by atoms with Crippen LogP contribution in [-0.4, -0.2) is 30.9 Å². The zero-order chi connectivity index (χ0) is 19.7. The summed E-state index contributed by atoms with van der Waals surface area (Å²) in [6.45, 7) is 9.06. The number of piperidine rings is 1. The molecule has 4 rings (SSSR count). The Labute approximate surface area is 163 Å². The molecule has 0 aromatic heterocycles. The molecular weight excluding hydrogens is 344 g/mol. The Morgan fingerprint density at radius 3 is 2.15 bits per heavy atom. The molecule has 0 unspecified atom stereocenters. The Morgan fingerprint density at radius 1 is 1.07 bits per heavy atom.